The Bertz CT molecular complexity index is 735. The van der Waals surface area contributed by atoms with Crippen molar-refractivity contribution in [3.8, 4) is 0 Å². The van der Waals surface area contributed by atoms with Gasteiger partial charge in [0.15, 0.2) is 0 Å². The number of pyridine rings is 2. The average molecular weight is 365 g/mol. The highest BCUT2D eigenvalue weighted by atomic mass is 16.1. The normalized spacial score (nSPS) is 18.6. The van der Waals surface area contributed by atoms with Gasteiger partial charge in [0.05, 0.1) is 5.56 Å². The lowest BCUT2D eigenvalue weighted by Crippen LogP contribution is -2.44. The van der Waals surface area contributed by atoms with E-state index in [1.165, 1.54) is 18.4 Å². The number of rotatable bonds is 5. The molecule has 2 aromatic heterocycles. The molecule has 4 rings (SSSR count). The summed E-state index contributed by atoms with van der Waals surface area (Å²) in [6.45, 7) is 5.08. The van der Waals surface area contributed by atoms with Crippen molar-refractivity contribution in [2.45, 2.75) is 38.3 Å². The molecule has 0 aliphatic carbocycles. The van der Waals surface area contributed by atoms with Crippen LogP contribution in [0.4, 0.5) is 5.82 Å². The number of piperidine rings is 1. The van der Waals surface area contributed by atoms with Gasteiger partial charge < -0.3 is 10.2 Å². The van der Waals surface area contributed by atoms with Crippen LogP contribution in [0.15, 0.2) is 42.9 Å². The minimum absolute atomic E-state index is 0.0111. The topological polar surface area (TPSA) is 61.4 Å². The number of aromatic nitrogens is 2. The van der Waals surface area contributed by atoms with Crippen LogP contribution in [-0.4, -0.2) is 53.0 Å². The summed E-state index contributed by atoms with van der Waals surface area (Å²) in [6, 6.07) is 8.23. The molecular weight excluding hydrogens is 338 g/mol. The summed E-state index contributed by atoms with van der Waals surface area (Å²) in [7, 11) is 0. The Morgan fingerprint density at radius 3 is 2.44 bits per heavy atom. The number of anilines is 1. The van der Waals surface area contributed by atoms with Crippen molar-refractivity contribution in [1.29, 1.82) is 0 Å². The SMILES string of the molecule is O=C(NC1CCN(Cc2ccncc2)CC1)c1ccc(N2CCCC2)nc1. The van der Waals surface area contributed by atoms with Crippen molar-refractivity contribution in [2.75, 3.05) is 31.1 Å². The molecule has 0 aromatic carbocycles. The average Bonchev–Trinajstić information content (AvgIpc) is 3.25. The smallest absolute Gasteiger partial charge is 0.253 e. The van der Waals surface area contributed by atoms with Gasteiger partial charge in [-0.2, -0.15) is 0 Å². The van der Waals surface area contributed by atoms with Gasteiger partial charge in [-0.25, -0.2) is 4.98 Å². The van der Waals surface area contributed by atoms with E-state index in [9.17, 15) is 4.79 Å². The van der Waals surface area contributed by atoms with Crippen LogP contribution in [0.1, 0.15) is 41.6 Å². The lowest BCUT2D eigenvalue weighted by atomic mass is 10.0. The van der Waals surface area contributed by atoms with E-state index in [1.807, 2.05) is 24.5 Å². The van der Waals surface area contributed by atoms with Gasteiger partial charge in [-0.15, -0.1) is 0 Å². The van der Waals surface area contributed by atoms with Gasteiger partial charge in [-0.05, 0) is 55.5 Å². The first-order chi connectivity index (χ1) is 13.3. The zero-order chi connectivity index (χ0) is 18.5. The molecule has 6 heteroatoms. The van der Waals surface area contributed by atoms with Crippen molar-refractivity contribution in [3.63, 3.8) is 0 Å². The van der Waals surface area contributed by atoms with E-state index in [0.29, 0.717) is 5.56 Å². The second-order valence-electron chi connectivity index (χ2n) is 7.48. The Hall–Kier alpha value is -2.47. The zero-order valence-electron chi connectivity index (χ0n) is 15.7. The largest absolute Gasteiger partial charge is 0.357 e. The number of nitrogens with zero attached hydrogens (tertiary/aromatic N) is 4. The maximum absolute atomic E-state index is 12.5. The molecule has 27 heavy (non-hydrogen) atoms. The molecule has 2 aliphatic heterocycles. The Kier molecular flexibility index (Phi) is 5.63. The summed E-state index contributed by atoms with van der Waals surface area (Å²) in [5.74, 6) is 0.969. The third kappa shape index (κ3) is 4.63. The number of hydrogen-bond donors (Lipinski definition) is 1. The monoisotopic (exact) mass is 365 g/mol. The van der Waals surface area contributed by atoms with Crippen LogP contribution in [-0.2, 0) is 6.54 Å². The molecule has 0 atom stereocenters. The van der Waals surface area contributed by atoms with Crippen molar-refractivity contribution >= 4 is 11.7 Å². The summed E-state index contributed by atoms with van der Waals surface area (Å²) in [6.07, 6.45) is 9.80. The fraction of sp³-hybridized carbons (Fsp3) is 0.476. The molecule has 6 nitrogen and oxygen atoms in total. The molecule has 0 unspecified atom stereocenters. The van der Waals surface area contributed by atoms with E-state index < -0.39 is 0 Å². The molecule has 1 N–H and O–H groups in total. The van der Waals surface area contributed by atoms with Crippen molar-refractivity contribution in [2.24, 2.45) is 0 Å². The van der Waals surface area contributed by atoms with E-state index in [-0.39, 0.29) is 11.9 Å². The van der Waals surface area contributed by atoms with Gasteiger partial charge in [0.1, 0.15) is 5.82 Å². The number of carbonyl (C=O) groups excluding carboxylic acids is 1. The Morgan fingerprint density at radius 1 is 1.04 bits per heavy atom. The fourth-order valence-electron chi connectivity index (χ4n) is 3.90. The van der Waals surface area contributed by atoms with Crippen LogP contribution in [0.3, 0.4) is 0 Å². The van der Waals surface area contributed by atoms with E-state index in [2.05, 4.69) is 37.2 Å². The van der Waals surface area contributed by atoms with Crippen LogP contribution >= 0.6 is 0 Å². The van der Waals surface area contributed by atoms with Crippen molar-refractivity contribution in [3.05, 3.63) is 54.0 Å². The summed E-state index contributed by atoms with van der Waals surface area (Å²) >= 11 is 0. The van der Waals surface area contributed by atoms with Crippen molar-refractivity contribution < 1.29 is 4.79 Å². The molecule has 0 saturated carbocycles. The first kappa shape index (κ1) is 17.9. The van der Waals surface area contributed by atoms with E-state index in [4.69, 9.17) is 0 Å². The molecule has 2 saturated heterocycles. The van der Waals surface area contributed by atoms with Crippen molar-refractivity contribution in [1.82, 2.24) is 20.2 Å². The highest BCUT2D eigenvalue weighted by Gasteiger charge is 2.21. The highest BCUT2D eigenvalue weighted by molar-refractivity contribution is 5.94. The quantitative estimate of drug-likeness (QED) is 0.882. The summed E-state index contributed by atoms with van der Waals surface area (Å²) < 4.78 is 0. The highest BCUT2D eigenvalue weighted by Crippen LogP contribution is 2.18. The van der Waals surface area contributed by atoms with E-state index in [1.54, 1.807) is 6.20 Å². The maximum atomic E-state index is 12.5. The Labute approximate surface area is 160 Å². The lowest BCUT2D eigenvalue weighted by molar-refractivity contribution is 0.0908. The number of hydrogen-bond acceptors (Lipinski definition) is 5. The fourth-order valence-corrected chi connectivity index (χ4v) is 3.90. The van der Waals surface area contributed by atoms with E-state index >= 15 is 0 Å². The van der Waals surface area contributed by atoms with Gasteiger partial charge in [-0.1, -0.05) is 0 Å². The second-order valence-corrected chi connectivity index (χ2v) is 7.48. The minimum atomic E-state index is -0.0111. The number of likely N-dealkylation sites (tertiary alicyclic amines) is 1. The van der Waals surface area contributed by atoms with Crippen LogP contribution in [0, 0.1) is 0 Å². The van der Waals surface area contributed by atoms with Crippen LogP contribution in [0.5, 0.6) is 0 Å². The second kappa shape index (κ2) is 8.48. The zero-order valence-corrected chi connectivity index (χ0v) is 15.7. The Balaban J connectivity index is 1.25. The summed E-state index contributed by atoms with van der Waals surface area (Å²) in [5, 5.41) is 3.18. The molecule has 0 spiro atoms. The molecule has 2 fully saturated rings. The van der Waals surface area contributed by atoms with Gasteiger partial charge in [0, 0.05) is 57.4 Å². The van der Waals surface area contributed by atoms with Gasteiger partial charge >= 0.3 is 0 Å². The molecule has 2 aromatic rings. The molecule has 0 bridgehead atoms. The van der Waals surface area contributed by atoms with Gasteiger partial charge in [0.25, 0.3) is 5.91 Å². The molecule has 2 aliphatic rings. The van der Waals surface area contributed by atoms with Gasteiger partial charge in [-0.3, -0.25) is 14.7 Å². The van der Waals surface area contributed by atoms with Crippen LogP contribution in [0.25, 0.3) is 0 Å². The van der Waals surface area contributed by atoms with Crippen LogP contribution in [0.2, 0.25) is 0 Å². The third-order valence-electron chi connectivity index (χ3n) is 5.52. The summed E-state index contributed by atoms with van der Waals surface area (Å²) in [5.41, 5.74) is 1.94. The first-order valence-electron chi connectivity index (χ1n) is 9.91. The number of carbonyl (C=O) groups is 1. The molecule has 4 heterocycles. The standard InChI is InChI=1S/C21H27N5O/c27-21(18-3-4-20(23-15-18)26-11-1-2-12-26)24-19-7-13-25(14-8-19)16-17-5-9-22-10-6-17/h3-6,9-10,15,19H,1-2,7-8,11-14,16H2,(H,24,27). The van der Waals surface area contributed by atoms with Gasteiger partial charge in [0.2, 0.25) is 0 Å². The first-order valence-corrected chi connectivity index (χ1v) is 9.91. The molecular formula is C21H27N5O. The number of nitrogens with one attached hydrogen (secondary N) is 1. The predicted octanol–water partition coefficient (Wildman–Crippen LogP) is 2.47. The molecule has 0 radical (unpaired) electrons. The summed E-state index contributed by atoms with van der Waals surface area (Å²) in [4.78, 5) is 25.8. The molecule has 1 amide bonds. The number of amides is 1. The lowest BCUT2D eigenvalue weighted by Gasteiger charge is -2.32. The van der Waals surface area contributed by atoms with Crippen LogP contribution < -0.4 is 10.2 Å². The Morgan fingerprint density at radius 2 is 1.78 bits per heavy atom. The maximum Gasteiger partial charge on any atom is 0.253 e. The van der Waals surface area contributed by atoms with E-state index in [0.717, 1.165) is 51.4 Å². The third-order valence-corrected chi connectivity index (χ3v) is 5.52. The minimum Gasteiger partial charge on any atom is -0.357 e. The molecule has 142 valence electrons. The predicted molar refractivity (Wildman–Crippen MR) is 106 cm³/mol.